The van der Waals surface area contributed by atoms with Gasteiger partial charge in [0.2, 0.25) is 0 Å². The van der Waals surface area contributed by atoms with E-state index in [-0.39, 0.29) is 5.84 Å². The van der Waals surface area contributed by atoms with Crippen LogP contribution in [-0.2, 0) is 4.74 Å². The number of ether oxygens (including phenoxy) is 1. The highest BCUT2D eigenvalue weighted by atomic mass is 16.5. The highest BCUT2D eigenvalue weighted by molar-refractivity contribution is 5.76. The average Bonchev–Trinajstić information content (AvgIpc) is 2.26. The van der Waals surface area contributed by atoms with Crippen molar-refractivity contribution in [2.45, 2.75) is 25.9 Å². The molecule has 0 bridgehead atoms. The Morgan fingerprint density at radius 3 is 3.15 bits per heavy atom. The van der Waals surface area contributed by atoms with Crippen LogP contribution < -0.4 is 5.73 Å². The zero-order chi connectivity index (χ0) is 9.68. The van der Waals surface area contributed by atoms with Crippen molar-refractivity contribution in [2.75, 3.05) is 26.2 Å². The number of hydrogen-bond donors (Lipinski definition) is 2. The second kappa shape index (κ2) is 5.19. The molecule has 0 radical (unpaired) electrons. The summed E-state index contributed by atoms with van der Waals surface area (Å²) in [6.07, 6.45) is 2.07. The molecule has 0 aromatic carbocycles. The molecule has 1 aliphatic heterocycles. The minimum atomic E-state index is 0.276. The first-order valence-electron chi connectivity index (χ1n) is 4.85. The number of rotatable bonds is 3. The van der Waals surface area contributed by atoms with Crippen molar-refractivity contribution in [3.63, 3.8) is 0 Å². The fraction of sp³-hybridized carbons (Fsp3) is 0.889. The third-order valence-corrected chi connectivity index (χ3v) is 2.23. The molecule has 1 saturated heterocycles. The number of amidine groups is 1. The number of nitrogens with two attached hydrogens (primary N) is 1. The molecule has 4 heteroatoms. The monoisotopic (exact) mass is 185 g/mol. The van der Waals surface area contributed by atoms with E-state index in [1.165, 1.54) is 0 Å². The topological polar surface area (TPSA) is 62.3 Å². The van der Waals surface area contributed by atoms with Crippen molar-refractivity contribution in [2.24, 2.45) is 5.73 Å². The summed E-state index contributed by atoms with van der Waals surface area (Å²) in [7, 11) is 0. The van der Waals surface area contributed by atoms with Crippen LogP contribution in [0.3, 0.4) is 0 Å². The van der Waals surface area contributed by atoms with Crippen LogP contribution in [-0.4, -0.2) is 43.1 Å². The normalized spacial score (nSPS) is 25.5. The third-order valence-electron chi connectivity index (χ3n) is 2.23. The van der Waals surface area contributed by atoms with Gasteiger partial charge in [0, 0.05) is 32.7 Å². The largest absolute Gasteiger partial charge is 0.388 e. The Hall–Kier alpha value is -0.610. The van der Waals surface area contributed by atoms with Gasteiger partial charge in [-0.3, -0.25) is 5.41 Å². The minimum absolute atomic E-state index is 0.276. The van der Waals surface area contributed by atoms with Gasteiger partial charge in [0.05, 0.1) is 11.9 Å². The van der Waals surface area contributed by atoms with E-state index in [0.717, 1.165) is 32.7 Å². The quantitative estimate of drug-likeness (QED) is 0.495. The van der Waals surface area contributed by atoms with Crippen LogP contribution in [0.1, 0.15) is 19.8 Å². The van der Waals surface area contributed by atoms with Gasteiger partial charge in [0.1, 0.15) is 0 Å². The lowest BCUT2D eigenvalue weighted by Gasteiger charge is -2.21. The van der Waals surface area contributed by atoms with E-state index in [2.05, 4.69) is 11.8 Å². The zero-order valence-corrected chi connectivity index (χ0v) is 8.25. The Labute approximate surface area is 79.6 Å². The van der Waals surface area contributed by atoms with E-state index in [1.54, 1.807) is 0 Å². The van der Waals surface area contributed by atoms with Gasteiger partial charge < -0.3 is 15.4 Å². The first-order chi connectivity index (χ1) is 6.18. The molecule has 1 fully saturated rings. The molecule has 1 atom stereocenters. The second-order valence-electron chi connectivity index (χ2n) is 3.61. The standard InChI is InChI=1S/C9H19N3O/c1-8-7-12(4-2-6-13-8)5-3-9(10)11/h8H,2-7H2,1H3,(H3,10,11). The van der Waals surface area contributed by atoms with E-state index in [9.17, 15) is 0 Å². The lowest BCUT2D eigenvalue weighted by Crippen LogP contribution is -2.33. The maximum absolute atomic E-state index is 7.14. The van der Waals surface area contributed by atoms with Crippen LogP contribution in [0.25, 0.3) is 0 Å². The predicted octanol–water partition coefficient (Wildman–Crippen LogP) is 0.423. The van der Waals surface area contributed by atoms with Gasteiger partial charge in [-0.1, -0.05) is 0 Å². The molecule has 1 heterocycles. The van der Waals surface area contributed by atoms with Crippen LogP contribution in [0.4, 0.5) is 0 Å². The van der Waals surface area contributed by atoms with Gasteiger partial charge in [0.15, 0.2) is 0 Å². The first-order valence-corrected chi connectivity index (χ1v) is 4.85. The van der Waals surface area contributed by atoms with Crippen LogP contribution in [0.2, 0.25) is 0 Å². The summed E-state index contributed by atoms with van der Waals surface area (Å²) in [5, 5.41) is 7.14. The van der Waals surface area contributed by atoms with E-state index < -0.39 is 0 Å². The summed E-state index contributed by atoms with van der Waals surface area (Å²) >= 11 is 0. The molecule has 0 spiro atoms. The van der Waals surface area contributed by atoms with Crippen molar-refractivity contribution in [3.05, 3.63) is 0 Å². The molecule has 0 aliphatic carbocycles. The Bertz CT molecular complexity index is 172. The fourth-order valence-electron chi connectivity index (χ4n) is 1.56. The van der Waals surface area contributed by atoms with Gasteiger partial charge in [0.25, 0.3) is 0 Å². The maximum Gasteiger partial charge on any atom is 0.0918 e. The molecule has 1 rings (SSSR count). The summed E-state index contributed by atoms with van der Waals surface area (Å²) in [6.45, 7) is 5.87. The Morgan fingerprint density at radius 2 is 2.46 bits per heavy atom. The Balaban J connectivity index is 2.26. The smallest absolute Gasteiger partial charge is 0.0918 e. The Kier molecular flexibility index (Phi) is 4.18. The van der Waals surface area contributed by atoms with Gasteiger partial charge in [-0.05, 0) is 13.3 Å². The van der Waals surface area contributed by atoms with Gasteiger partial charge in [-0.15, -0.1) is 0 Å². The Morgan fingerprint density at radius 1 is 1.69 bits per heavy atom. The summed E-state index contributed by atoms with van der Waals surface area (Å²) in [6, 6.07) is 0. The number of hydrogen-bond acceptors (Lipinski definition) is 3. The molecule has 0 amide bonds. The SMILES string of the molecule is CC1CN(CCC(=N)N)CCCO1. The number of nitrogens with zero attached hydrogens (tertiary/aromatic N) is 1. The lowest BCUT2D eigenvalue weighted by atomic mass is 10.3. The summed E-state index contributed by atoms with van der Waals surface area (Å²) < 4.78 is 5.51. The molecule has 13 heavy (non-hydrogen) atoms. The summed E-state index contributed by atoms with van der Waals surface area (Å²) in [5.41, 5.74) is 5.31. The lowest BCUT2D eigenvalue weighted by molar-refractivity contribution is 0.0681. The van der Waals surface area contributed by atoms with Crippen molar-refractivity contribution >= 4 is 5.84 Å². The molecule has 0 saturated carbocycles. The van der Waals surface area contributed by atoms with Crippen molar-refractivity contribution < 1.29 is 4.74 Å². The fourth-order valence-corrected chi connectivity index (χ4v) is 1.56. The maximum atomic E-state index is 7.14. The molecule has 4 nitrogen and oxygen atoms in total. The van der Waals surface area contributed by atoms with Crippen LogP contribution in [0.15, 0.2) is 0 Å². The van der Waals surface area contributed by atoms with E-state index >= 15 is 0 Å². The molecular weight excluding hydrogens is 166 g/mol. The van der Waals surface area contributed by atoms with Crippen molar-refractivity contribution in [3.8, 4) is 0 Å². The van der Waals surface area contributed by atoms with Gasteiger partial charge in [-0.2, -0.15) is 0 Å². The molecular formula is C9H19N3O. The average molecular weight is 185 g/mol. The molecule has 1 aliphatic rings. The van der Waals surface area contributed by atoms with E-state index in [1.807, 2.05) is 0 Å². The van der Waals surface area contributed by atoms with Crippen LogP contribution in [0, 0.1) is 5.41 Å². The van der Waals surface area contributed by atoms with Crippen molar-refractivity contribution in [1.82, 2.24) is 4.90 Å². The van der Waals surface area contributed by atoms with Crippen LogP contribution >= 0.6 is 0 Å². The first kappa shape index (κ1) is 10.5. The van der Waals surface area contributed by atoms with E-state index in [0.29, 0.717) is 12.5 Å². The highest BCUT2D eigenvalue weighted by Gasteiger charge is 2.14. The molecule has 76 valence electrons. The van der Waals surface area contributed by atoms with Crippen molar-refractivity contribution in [1.29, 1.82) is 5.41 Å². The van der Waals surface area contributed by atoms with E-state index in [4.69, 9.17) is 15.9 Å². The second-order valence-corrected chi connectivity index (χ2v) is 3.61. The molecule has 3 N–H and O–H groups in total. The highest BCUT2D eigenvalue weighted by Crippen LogP contribution is 2.05. The molecule has 0 aromatic rings. The number of nitrogens with one attached hydrogen (secondary N) is 1. The third kappa shape index (κ3) is 4.24. The van der Waals surface area contributed by atoms with Crippen LogP contribution in [0.5, 0.6) is 0 Å². The molecule has 0 aromatic heterocycles. The molecule has 1 unspecified atom stereocenters. The minimum Gasteiger partial charge on any atom is -0.388 e. The summed E-state index contributed by atoms with van der Waals surface area (Å²) in [4.78, 5) is 2.32. The summed E-state index contributed by atoms with van der Waals surface area (Å²) in [5.74, 6) is 0.276. The van der Waals surface area contributed by atoms with Gasteiger partial charge in [-0.25, -0.2) is 0 Å². The predicted molar refractivity (Wildman–Crippen MR) is 53.0 cm³/mol. The van der Waals surface area contributed by atoms with Gasteiger partial charge >= 0.3 is 0 Å². The zero-order valence-electron chi connectivity index (χ0n) is 8.25.